The summed E-state index contributed by atoms with van der Waals surface area (Å²) >= 11 is 1.45. The monoisotopic (exact) mass is 404 g/mol. The van der Waals surface area contributed by atoms with E-state index in [1.54, 1.807) is 12.0 Å². The Labute approximate surface area is 164 Å². The fourth-order valence-corrected chi connectivity index (χ4v) is 4.12. The van der Waals surface area contributed by atoms with E-state index in [1.165, 1.54) is 17.4 Å². The van der Waals surface area contributed by atoms with Crippen LogP contribution in [0, 0.1) is 11.6 Å². The first-order valence-electron chi connectivity index (χ1n) is 8.89. The number of piperidine rings is 1. The number of amides is 1. The zero-order chi connectivity index (χ0) is 19.7. The van der Waals surface area contributed by atoms with Gasteiger partial charge in [0.25, 0.3) is 11.1 Å². The first-order chi connectivity index (χ1) is 13.5. The van der Waals surface area contributed by atoms with Gasteiger partial charge in [-0.2, -0.15) is 0 Å². The van der Waals surface area contributed by atoms with Crippen molar-refractivity contribution in [3.63, 3.8) is 0 Å². The average molecular weight is 404 g/mol. The summed E-state index contributed by atoms with van der Waals surface area (Å²) in [5, 5.41) is 0.581. The molecule has 146 valence electrons. The second kappa shape index (κ2) is 7.71. The number of benzene rings is 2. The number of nitrogens with zero attached hydrogens (tertiary/aromatic N) is 2. The highest BCUT2D eigenvalue weighted by molar-refractivity contribution is 7.20. The molecule has 0 saturated carbocycles. The largest absolute Gasteiger partial charge is 0.497 e. The fraction of sp³-hybridized carbons (Fsp3) is 0.300. The van der Waals surface area contributed by atoms with Crippen LogP contribution in [0.1, 0.15) is 23.2 Å². The lowest BCUT2D eigenvalue weighted by molar-refractivity contribution is 0.0591. The van der Waals surface area contributed by atoms with Gasteiger partial charge in [-0.15, -0.1) is 0 Å². The van der Waals surface area contributed by atoms with E-state index in [0.29, 0.717) is 31.1 Å². The number of rotatable bonds is 4. The minimum atomic E-state index is -0.840. The quantitative estimate of drug-likeness (QED) is 0.652. The van der Waals surface area contributed by atoms with Gasteiger partial charge in [-0.1, -0.05) is 11.3 Å². The molecule has 2 aromatic carbocycles. The van der Waals surface area contributed by atoms with Gasteiger partial charge in [-0.25, -0.2) is 13.8 Å². The standard InChI is InChI=1S/C20H18F2N2O3S/c1-26-14-3-5-17-18(11-14)28-20(23-17)27-13-6-8-24(9-7-13)19(25)15-4-2-12(21)10-16(15)22/h2-5,10-11,13H,6-9H2,1H3. The Kier molecular flexibility index (Phi) is 5.13. The molecule has 1 amide bonds. The van der Waals surface area contributed by atoms with Gasteiger partial charge in [0, 0.05) is 32.0 Å². The third kappa shape index (κ3) is 3.77. The zero-order valence-corrected chi connectivity index (χ0v) is 16.0. The van der Waals surface area contributed by atoms with Gasteiger partial charge in [0.1, 0.15) is 23.5 Å². The smallest absolute Gasteiger partial charge is 0.274 e. The van der Waals surface area contributed by atoms with Gasteiger partial charge in [0.15, 0.2) is 0 Å². The minimum Gasteiger partial charge on any atom is -0.497 e. The zero-order valence-electron chi connectivity index (χ0n) is 15.2. The minimum absolute atomic E-state index is 0.0652. The summed E-state index contributed by atoms with van der Waals surface area (Å²) in [6, 6.07) is 8.66. The summed E-state index contributed by atoms with van der Waals surface area (Å²) in [5.74, 6) is -1.20. The van der Waals surface area contributed by atoms with Gasteiger partial charge in [-0.05, 0) is 30.3 Å². The Morgan fingerprint density at radius 1 is 1.18 bits per heavy atom. The first kappa shape index (κ1) is 18.6. The molecule has 28 heavy (non-hydrogen) atoms. The van der Waals surface area contributed by atoms with Crippen LogP contribution in [0.3, 0.4) is 0 Å². The molecule has 0 atom stereocenters. The summed E-state index contributed by atoms with van der Waals surface area (Å²) in [6.07, 6.45) is 1.17. The number of thiazole rings is 1. The normalized spacial score (nSPS) is 15.0. The molecule has 1 aliphatic rings. The molecule has 0 bridgehead atoms. The van der Waals surface area contributed by atoms with Crippen LogP contribution < -0.4 is 9.47 Å². The van der Waals surface area contributed by atoms with E-state index in [1.807, 2.05) is 18.2 Å². The van der Waals surface area contributed by atoms with Crippen LogP contribution in [0.5, 0.6) is 10.9 Å². The molecule has 2 heterocycles. The maximum absolute atomic E-state index is 13.8. The van der Waals surface area contributed by atoms with Gasteiger partial charge in [0.05, 0.1) is 22.9 Å². The van der Waals surface area contributed by atoms with Crippen molar-refractivity contribution in [3.8, 4) is 10.9 Å². The predicted octanol–water partition coefficient (Wildman–Crippen LogP) is 4.27. The number of hydrogen-bond donors (Lipinski definition) is 0. The van der Waals surface area contributed by atoms with Gasteiger partial charge in [0.2, 0.25) is 0 Å². The molecule has 3 aromatic rings. The molecule has 8 heteroatoms. The number of carbonyl (C=O) groups excluding carboxylic acids is 1. The van der Waals surface area contributed by atoms with Crippen molar-refractivity contribution < 1.29 is 23.0 Å². The number of aromatic nitrogens is 1. The van der Waals surface area contributed by atoms with E-state index >= 15 is 0 Å². The highest BCUT2D eigenvalue weighted by atomic mass is 32.1. The maximum Gasteiger partial charge on any atom is 0.274 e. The second-order valence-corrected chi connectivity index (χ2v) is 7.54. The van der Waals surface area contributed by atoms with Crippen LogP contribution in [0.4, 0.5) is 8.78 Å². The Morgan fingerprint density at radius 3 is 2.68 bits per heavy atom. The average Bonchev–Trinajstić information content (AvgIpc) is 3.09. The van der Waals surface area contributed by atoms with Crippen LogP contribution in [-0.4, -0.2) is 42.1 Å². The molecule has 0 radical (unpaired) electrons. The molecule has 0 unspecified atom stereocenters. The summed E-state index contributed by atoms with van der Waals surface area (Å²) < 4.78 is 39.1. The number of carbonyl (C=O) groups is 1. The molecule has 1 saturated heterocycles. The Hall–Kier alpha value is -2.74. The van der Waals surface area contributed by atoms with Crippen LogP contribution in [-0.2, 0) is 0 Å². The van der Waals surface area contributed by atoms with Gasteiger partial charge >= 0.3 is 0 Å². The number of methoxy groups -OCH3 is 1. The van der Waals surface area contributed by atoms with Crippen molar-refractivity contribution in [2.24, 2.45) is 0 Å². The van der Waals surface area contributed by atoms with E-state index < -0.39 is 17.5 Å². The number of halogens is 2. The fourth-order valence-electron chi connectivity index (χ4n) is 3.21. The number of hydrogen-bond acceptors (Lipinski definition) is 5. The van der Waals surface area contributed by atoms with Gasteiger partial charge < -0.3 is 14.4 Å². The lowest BCUT2D eigenvalue weighted by Crippen LogP contribution is -2.42. The van der Waals surface area contributed by atoms with Crippen LogP contribution in [0.25, 0.3) is 10.2 Å². The SMILES string of the molecule is COc1ccc2nc(OC3CCN(C(=O)c4ccc(F)cc4F)CC3)sc2c1. The number of ether oxygens (including phenoxy) is 2. The third-order valence-corrected chi connectivity index (χ3v) is 5.64. The van der Waals surface area contributed by atoms with Gasteiger partial charge in [-0.3, -0.25) is 4.79 Å². The molecule has 4 rings (SSSR count). The molecule has 1 fully saturated rings. The topological polar surface area (TPSA) is 51.7 Å². The molecule has 0 N–H and O–H groups in total. The Morgan fingerprint density at radius 2 is 1.96 bits per heavy atom. The molecular weight excluding hydrogens is 386 g/mol. The highest BCUT2D eigenvalue weighted by Crippen LogP contribution is 2.32. The van der Waals surface area contributed by atoms with Crippen LogP contribution >= 0.6 is 11.3 Å². The molecule has 1 aromatic heterocycles. The molecule has 5 nitrogen and oxygen atoms in total. The number of likely N-dealkylation sites (tertiary alicyclic amines) is 1. The summed E-state index contributed by atoms with van der Waals surface area (Å²) in [5.41, 5.74) is 0.737. The van der Waals surface area contributed by atoms with Crippen molar-refractivity contribution in [3.05, 3.63) is 53.6 Å². The first-order valence-corrected chi connectivity index (χ1v) is 9.70. The van der Waals surface area contributed by atoms with E-state index in [2.05, 4.69) is 4.98 Å². The third-order valence-electron chi connectivity index (χ3n) is 4.73. The number of fused-ring (bicyclic) bond motifs is 1. The van der Waals surface area contributed by atoms with Crippen LogP contribution in [0.15, 0.2) is 36.4 Å². The van der Waals surface area contributed by atoms with Crippen molar-refractivity contribution in [2.75, 3.05) is 20.2 Å². The molecule has 0 spiro atoms. The molecular formula is C20H18F2N2O3S. The van der Waals surface area contributed by atoms with Crippen molar-refractivity contribution in [1.29, 1.82) is 0 Å². The maximum atomic E-state index is 13.8. The van der Waals surface area contributed by atoms with E-state index in [-0.39, 0.29) is 11.7 Å². The van der Waals surface area contributed by atoms with E-state index in [4.69, 9.17) is 9.47 Å². The van der Waals surface area contributed by atoms with E-state index in [9.17, 15) is 13.6 Å². The summed E-state index contributed by atoms with van der Waals surface area (Å²) in [6.45, 7) is 0.887. The lowest BCUT2D eigenvalue weighted by Gasteiger charge is -2.31. The van der Waals surface area contributed by atoms with Crippen molar-refractivity contribution in [1.82, 2.24) is 9.88 Å². The molecule has 1 aliphatic heterocycles. The Bertz CT molecular complexity index is 1020. The summed E-state index contributed by atoms with van der Waals surface area (Å²) in [7, 11) is 1.62. The highest BCUT2D eigenvalue weighted by Gasteiger charge is 2.27. The van der Waals surface area contributed by atoms with E-state index in [0.717, 1.165) is 28.1 Å². The Balaban J connectivity index is 1.38. The second-order valence-electron chi connectivity index (χ2n) is 6.55. The van der Waals surface area contributed by atoms with Crippen molar-refractivity contribution >= 4 is 27.5 Å². The predicted molar refractivity (Wildman–Crippen MR) is 102 cm³/mol. The molecule has 0 aliphatic carbocycles. The summed E-state index contributed by atoms with van der Waals surface area (Å²) in [4.78, 5) is 18.5. The lowest BCUT2D eigenvalue weighted by atomic mass is 10.1. The van der Waals surface area contributed by atoms with Crippen molar-refractivity contribution in [2.45, 2.75) is 18.9 Å². The van der Waals surface area contributed by atoms with Crippen LogP contribution in [0.2, 0.25) is 0 Å².